The average Bonchev–Trinajstić information content (AvgIpc) is 3.80. The third-order valence-electron chi connectivity index (χ3n) is 21.3. The minimum atomic E-state index is -0.808. The highest BCUT2D eigenvalue weighted by Gasteiger charge is 2.63. The van der Waals surface area contributed by atoms with Crippen molar-refractivity contribution in [1.82, 2.24) is 10.6 Å². The van der Waals surface area contributed by atoms with Crippen LogP contribution in [0.1, 0.15) is 157 Å². The molecule has 0 heterocycles. The second-order valence-corrected chi connectivity index (χ2v) is 23.3. The van der Waals surface area contributed by atoms with Crippen LogP contribution in [0.2, 0.25) is 0 Å². The molecule has 0 spiro atoms. The van der Waals surface area contributed by atoms with Gasteiger partial charge >= 0.3 is 18.3 Å². The predicted octanol–water partition coefficient (Wildman–Crippen LogP) is 10.3. The number of hydrogen-bond acceptors (Lipinski definition) is 9. The number of ketones is 2. The maximum atomic E-state index is 13.4. The van der Waals surface area contributed by atoms with Crippen molar-refractivity contribution in [3.63, 3.8) is 0 Å². The van der Waals surface area contributed by atoms with E-state index >= 15 is 0 Å². The second-order valence-electron chi connectivity index (χ2n) is 23.3. The van der Waals surface area contributed by atoms with Crippen LogP contribution in [-0.2, 0) is 28.5 Å². The van der Waals surface area contributed by atoms with Crippen molar-refractivity contribution in [1.29, 1.82) is 0 Å². The van der Waals surface area contributed by atoms with E-state index in [0.29, 0.717) is 58.9 Å². The Morgan fingerprint density at radius 3 is 1.24 bits per heavy atom. The molecule has 0 bridgehead atoms. The van der Waals surface area contributed by atoms with Crippen LogP contribution in [0.15, 0.2) is 0 Å². The number of Topliss-reactive ketones (excluding diaryl/α,β-unsaturated/α-hetero) is 2. The van der Waals surface area contributed by atoms with Crippen LogP contribution in [0.3, 0.4) is 0 Å². The second kappa shape index (κ2) is 17.5. The molecule has 8 saturated carbocycles. The first-order chi connectivity index (χ1) is 29.5. The highest BCUT2D eigenvalue weighted by atomic mass is 16.7. The quantitative estimate of drug-likeness (QED) is 0.162. The molecule has 2 N–H and O–H groups in total. The van der Waals surface area contributed by atoms with Gasteiger partial charge in [0.15, 0.2) is 0 Å². The summed E-state index contributed by atoms with van der Waals surface area (Å²) in [6.07, 6.45) is 17.8. The van der Waals surface area contributed by atoms with E-state index in [1.165, 1.54) is 52.7 Å². The van der Waals surface area contributed by atoms with Crippen LogP contribution >= 0.6 is 0 Å². The molecule has 18 atom stereocenters. The molecule has 2 amide bonds. The van der Waals surface area contributed by atoms with E-state index in [-0.39, 0.29) is 58.5 Å². The van der Waals surface area contributed by atoms with Crippen LogP contribution < -0.4 is 10.6 Å². The number of alkyl carbamates (subject to hydrolysis) is 2. The van der Waals surface area contributed by atoms with Gasteiger partial charge in [-0.05, 0) is 210 Å². The number of carbonyl (C=O) groups is 5. The molecule has 8 aliphatic rings. The zero-order valence-corrected chi connectivity index (χ0v) is 39.4. The van der Waals surface area contributed by atoms with Crippen LogP contribution in [0.5, 0.6) is 0 Å². The number of methoxy groups -OCH3 is 2. The van der Waals surface area contributed by atoms with Gasteiger partial charge in [-0.25, -0.2) is 14.4 Å². The van der Waals surface area contributed by atoms with Gasteiger partial charge in [0.25, 0.3) is 0 Å². The molecule has 0 aromatic rings. The van der Waals surface area contributed by atoms with E-state index in [0.717, 1.165) is 77.0 Å². The highest BCUT2D eigenvalue weighted by molar-refractivity contribution is 5.80. The summed E-state index contributed by atoms with van der Waals surface area (Å²) in [6, 6.07) is -0.827. The molecule has 8 fully saturated rings. The summed E-state index contributed by atoms with van der Waals surface area (Å²) >= 11 is 0. The first-order valence-electron chi connectivity index (χ1n) is 25.0. The Morgan fingerprint density at radius 2 is 0.871 bits per heavy atom. The van der Waals surface area contributed by atoms with Crippen molar-refractivity contribution in [2.45, 2.75) is 169 Å². The van der Waals surface area contributed by atoms with E-state index in [1.54, 1.807) is 13.8 Å². The number of ether oxygens (including phenoxy) is 4. The number of nitrogens with one attached hydrogen (secondary N) is 2. The van der Waals surface area contributed by atoms with E-state index < -0.39 is 30.4 Å². The summed E-state index contributed by atoms with van der Waals surface area (Å²) in [5.74, 6) is 6.36. The first kappa shape index (κ1) is 45.7. The smallest absolute Gasteiger partial charge is 0.453 e. The van der Waals surface area contributed by atoms with Gasteiger partial charge in [0.1, 0.15) is 24.8 Å². The van der Waals surface area contributed by atoms with Crippen molar-refractivity contribution in [3.8, 4) is 0 Å². The number of fused-ring (bicyclic) bond motifs is 10. The fraction of sp³-hybridized carbons (Fsp3) is 0.902. The van der Waals surface area contributed by atoms with E-state index in [9.17, 15) is 24.0 Å². The lowest BCUT2D eigenvalue weighted by Gasteiger charge is -2.61. The van der Waals surface area contributed by atoms with E-state index in [4.69, 9.17) is 18.9 Å². The Kier molecular flexibility index (Phi) is 12.9. The lowest BCUT2D eigenvalue weighted by Crippen LogP contribution is -2.55. The Hall–Kier alpha value is -2.85. The third-order valence-corrected chi connectivity index (χ3v) is 21.3. The van der Waals surface area contributed by atoms with Crippen molar-refractivity contribution >= 4 is 29.9 Å². The normalized spacial score (nSPS) is 45.2. The standard InChI is InChI=1S/C51H80N2O9/c1-29(54)37-13-15-39-35-11-9-33-25-31(17-21-48(33,3)41(35)19-23-50(37,39)5)43(52-45(56)59-7)27-61-47(58)62-28-44(53-46(57)60-8)32-18-22-49(4)34(26-32)10-12-36-40-16-14-38(30(2)55)51(40,6)24-20-42(36)49/h31-44H,9-28H2,1-8H3,(H,52,56)(H,53,57)/t31-,32-,33+,34+,35+,36+,37-,38-,39+,40+,41+,42+,43?,44?,48+,49+,50-,51-/m1/s1. The molecule has 0 radical (unpaired) electrons. The molecule has 348 valence electrons. The molecule has 8 rings (SSSR count). The Labute approximate surface area is 371 Å². The fourth-order valence-corrected chi connectivity index (χ4v) is 18.0. The van der Waals surface area contributed by atoms with Gasteiger partial charge in [-0.1, -0.05) is 27.7 Å². The molecular weight excluding hydrogens is 785 g/mol. The molecular formula is C51H80N2O9. The lowest BCUT2D eigenvalue weighted by molar-refractivity contribution is -0.136. The summed E-state index contributed by atoms with van der Waals surface area (Å²) in [6.45, 7) is 13.4. The number of amides is 2. The molecule has 62 heavy (non-hydrogen) atoms. The number of hydrogen-bond donors (Lipinski definition) is 2. The average molecular weight is 865 g/mol. The predicted molar refractivity (Wildman–Crippen MR) is 235 cm³/mol. The molecule has 8 aliphatic carbocycles. The highest BCUT2D eigenvalue weighted by Crippen LogP contribution is 2.69. The van der Waals surface area contributed by atoms with Gasteiger partial charge in [0, 0.05) is 11.8 Å². The Bertz CT molecular complexity index is 1600. The van der Waals surface area contributed by atoms with E-state index in [1.807, 2.05) is 0 Å². The molecule has 0 aliphatic heterocycles. The van der Waals surface area contributed by atoms with Gasteiger partial charge in [-0.15, -0.1) is 0 Å². The van der Waals surface area contributed by atoms with Gasteiger partial charge in [-0.3, -0.25) is 9.59 Å². The maximum absolute atomic E-state index is 13.4. The number of carbonyl (C=O) groups excluding carboxylic acids is 5. The molecule has 2 unspecified atom stereocenters. The molecule has 0 aromatic heterocycles. The fourth-order valence-electron chi connectivity index (χ4n) is 18.0. The number of rotatable bonds is 10. The maximum Gasteiger partial charge on any atom is 0.508 e. The lowest BCUT2D eigenvalue weighted by atomic mass is 9.44. The summed E-state index contributed by atoms with van der Waals surface area (Å²) in [7, 11) is 2.71. The zero-order valence-electron chi connectivity index (χ0n) is 39.4. The Morgan fingerprint density at radius 1 is 0.500 bits per heavy atom. The third kappa shape index (κ3) is 7.89. The van der Waals surface area contributed by atoms with Gasteiger partial charge in [0.05, 0.1) is 26.3 Å². The van der Waals surface area contributed by atoms with Crippen LogP contribution in [-0.4, -0.2) is 69.4 Å². The molecule has 0 saturated heterocycles. The molecule has 0 aromatic carbocycles. The minimum absolute atomic E-state index is 0.0182. The molecule has 11 nitrogen and oxygen atoms in total. The molecule has 11 heteroatoms. The van der Waals surface area contributed by atoms with Gasteiger partial charge in [0.2, 0.25) is 0 Å². The van der Waals surface area contributed by atoms with Crippen molar-refractivity contribution in [2.24, 2.45) is 92.7 Å². The summed E-state index contributed by atoms with van der Waals surface area (Å²) < 4.78 is 21.7. The SMILES string of the molecule is COC(=O)NC(COC(=O)OCC(NC(=O)OC)[C@@H]1CC[C@@]2(C)[C@@H](CC[C@@H]3[C@@H]2CC[C@]2(C)[C@@H](C(C)=O)CC[C@@H]32)C1)[C@@H]1CC[C@@]2(C)[C@@H](CC[C@@H]3[C@@H]2CC[C@]2(C)[C@@H](C(C)=O)CC[C@@H]32)C1. The monoisotopic (exact) mass is 865 g/mol. The summed E-state index contributed by atoms with van der Waals surface area (Å²) in [4.78, 5) is 64.1. The zero-order chi connectivity index (χ0) is 44.4. The van der Waals surface area contributed by atoms with Gasteiger partial charge in [-0.2, -0.15) is 0 Å². The summed E-state index contributed by atoms with van der Waals surface area (Å²) in [5, 5.41) is 6.03. The largest absolute Gasteiger partial charge is 0.508 e. The van der Waals surface area contributed by atoms with Crippen LogP contribution in [0, 0.1) is 92.7 Å². The Balaban J connectivity index is 0.869. The van der Waals surface area contributed by atoms with Crippen molar-refractivity contribution < 1.29 is 42.9 Å². The van der Waals surface area contributed by atoms with Gasteiger partial charge < -0.3 is 29.6 Å². The minimum Gasteiger partial charge on any atom is -0.453 e. The van der Waals surface area contributed by atoms with Crippen LogP contribution in [0.4, 0.5) is 14.4 Å². The van der Waals surface area contributed by atoms with Crippen molar-refractivity contribution in [3.05, 3.63) is 0 Å². The van der Waals surface area contributed by atoms with Crippen molar-refractivity contribution in [2.75, 3.05) is 27.4 Å². The first-order valence-corrected chi connectivity index (χ1v) is 25.0. The van der Waals surface area contributed by atoms with E-state index in [2.05, 4.69) is 38.3 Å². The van der Waals surface area contributed by atoms with Crippen LogP contribution in [0.25, 0.3) is 0 Å². The topological polar surface area (TPSA) is 146 Å². The summed E-state index contributed by atoms with van der Waals surface area (Å²) in [5.41, 5.74) is 0.711.